The Morgan fingerprint density at radius 3 is 1.60 bits per heavy atom. The Balaban J connectivity index is 1.10. The number of aliphatic imine (C=N–C) groups is 2. The van der Waals surface area contributed by atoms with E-state index < -0.39 is 0 Å². The lowest BCUT2D eigenvalue weighted by Gasteiger charge is -2.26. The molecule has 9 aromatic rings. The second kappa shape index (κ2) is 13.8. The quantitative estimate of drug-likeness (QED) is 0.148. The van der Waals surface area contributed by atoms with Gasteiger partial charge in [0.05, 0.1) is 5.71 Å². The van der Waals surface area contributed by atoms with E-state index in [0.717, 1.165) is 66.2 Å². The van der Waals surface area contributed by atoms with Crippen molar-refractivity contribution in [3.63, 3.8) is 0 Å². The Morgan fingerprint density at radius 1 is 0.566 bits per heavy atom. The SMILES string of the molecule is C=Nc1sc2ccccc2c1/C(=N\C)c1ccc(N(c2ccc(-c3ccc4cnccc4c3)cc2)c2ccc(-c3ccc4cnccc4c3)cc2)cc1. The highest BCUT2D eigenvalue weighted by Gasteiger charge is 2.19. The maximum absolute atomic E-state index is 4.78. The standard InChI is InChI=1S/C47H33N5S/c1-48-46(45-43-5-3-4-6-44(43)53-47(45)49-2)33-15-21-42(22-16-33)52(40-17-11-31(12-18-40)34-7-9-38-29-50-25-23-36(38)27-34)41-19-13-32(14-20-41)35-8-10-39-30-51-26-24-37(39)28-35/h3-30H,2H2,1H3/b48-46-. The van der Waals surface area contributed by atoms with Gasteiger partial charge in [-0.25, -0.2) is 0 Å². The van der Waals surface area contributed by atoms with E-state index in [2.05, 4.69) is 172 Å². The van der Waals surface area contributed by atoms with Crippen LogP contribution in [0.1, 0.15) is 11.1 Å². The number of fused-ring (bicyclic) bond motifs is 3. The van der Waals surface area contributed by atoms with Crippen LogP contribution in [0.4, 0.5) is 22.1 Å². The zero-order valence-corrected chi connectivity index (χ0v) is 29.8. The number of anilines is 3. The van der Waals surface area contributed by atoms with Crippen LogP contribution in [0.5, 0.6) is 0 Å². The molecular weight excluding hydrogens is 667 g/mol. The Bertz CT molecular complexity index is 2680. The van der Waals surface area contributed by atoms with Crippen LogP contribution < -0.4 is 4.90 Å². The molecule has 0 spiro atoms. The van der Waals surface area contributed by atoms with Crippen molar-refractivity contribution in [3.05, 3.63) is 182 Å². The van der Waals surface area contributed by atoms with Gasteiger partial charge in [-0.15, -0.1) is 11.3 Å². The van der Waals surface area contributed by atoms with Gasteiger partial charge in [0.2, 0.25) is 0 Å². The lowest BCUT2D eigenvalue weighted by Crippen LogP contribution is -2.10. The molecular formula is C47H33N5S. The molecule has 0 fully saturated rings. The normalized spacial score (nSPS) is 11.7. The number of aromatic nitrogens is 2. The highest BCUT2D eigenvalue weighted by atomic mass is 32.1. The van der Waals surface area contributed by atoms with Crippen LogP contribution in [0.25, 0.3) is 53.9 Å². The summed E-state index contributed by atoms with van der Waals surface area (Å²) < 4.78 is 1.17. The number of nitrogens with zero attached hydrogens (tertiary/aromatic N) is 5. The molecule has 0 saturated heterocycles. The van der Waals surface area contributed by atoms with Gasteiger partial charge in [-0.3, -0.25) is 20.0 Å². The summed E-state index contributed by atoms with van der Waals surface area (Å²) in [5.41, 5.74) is 10.7. The molecule has 6 heteroatoms. The highest BCUT2D eigenvalue weighted by molar-refractivity contribution is 7.23. The number of hydrogen-bond acceptors (Lipinski definition) is 6. The average molecular weight is 700 g/mol. The van der Waals surface area contributed by atoms with Crippen molar-refractivity contribution in [2.24, 2.45) is 9.98 Å². The molecule has 5 nitrogen and oxygen atoms in total. The van der Waals surface area contributed by atoms with Gasteiger partial charge in [-0.1, -0.05) is 78.9 Å². The number of benzene rings is 6. The van der Waals surface area contributed by atoms with E-state index in [1.165, 1.54) is 26.6 Å². The largest absolute Gasteiger partial charge is 0.311 e. The molecule has 252 valence electrons. The van der Waals surface area contributed by atoms with Crippen LogP contribution >= 0.6 is 11.3 Å². The van der Waals surface area contributed by atoms with Crippen molar-refractivity contribution in [1.29, 1.82) is 0 Å². The Hall–Kier alpha value is -6.76. The van der Waals surface area contributed by atoms with Gasteiger partial charge in [0, 0.05) is 80.9 Å². The summed E-state index contributed by atoms with van der Waals surface area (Å²) >= 11 is 1.64. The number of thiophene rings is 1. The molecule has 0 N–H and O–H groups in total. The van der Waals surface area contributed by atoms with Crippen LogP contribution in [0.2, 0.25) is 0 Å². The van der Waals surface area contributed by atoms with E-state index in [1.54, 1.807) is 11.3 Å². The fourth-order valence-electron chi connectivity index (χ4n) is 7.11. The summed E-state index contributed by atoms with van der Waals surface area (Å²) in [4.78, 5) is 20.0. The minimum atomic E-state index is 0.879. The van der Waals surface area contributed by atoms with Crippen molar-refractivity contribution in [3.8, 4) is 22.3 Å². The predicted molar refractivity (Wildman–Crippen MR) is 225 cm³/mol. The molecule has 6 aromatic carbocycles. The first-order valence-electron chi connectivity index (χ1n) is 17.4. The third-order valence-corrected chi connectivity index (χ3v) is 10.9. The van der Waals surface area contributed by atoms with Gasteiger partial charge in [-0.05, 0) is 106 Å². The molecule has 0 aliphatic heterocycles. The first-order chi connectivity index (χ1) is 26.2. The van der Waals surface area contributed by atoms with Crippen molar-refractivity contribution in [1.82, 2.24) is 9.97 Å². The molecule has 3 aromatic heterocycles. The van der Waals surface area contributed by atoms with Gasteiger partial charge in [0.1, 0.15) is 5.00 Å². The average Bonchev–Trinajstić information content (AvgIpc) is 3.60. The van der Waals surface area contributed by atoms with Crippen molar-refractivity contribution < 1.29 is 0 Å². The minimum absolute atomic E-state index is 0.879. The van der Waals surface area contributed by atoms with Crippen molar-refractivity contribution >= 4 is 77.5 Å². The van der Waals surface area contributed by atoms with Crippen LogP contribution in [0, 0.1) is 0 Å². The van der Waals surface area contributed by atoms with Gasteiger partial charge in [0.25, 0.3) is 0 Å². The van der Waals surface area contributed by atoms with Crippen molar-refractivity contribution in [2.45, 2.75) is 0 Å². The molecule has 0 amide bonds. The second-order valence-corrected chi connectivity index (χ2v) is 13.9. The fourth-order valence-corrected chi connectivity index (χ4v) is 8.11. The van der Waals surface area contributed by atoms with Crippen LogP contribution in [0.3, 0.4) is 0 Å². The van der Waals surface area contributed by atoms with Crippen LogP contribution in [-0.4, -0.2) is 29.4 Å². The summed E-state index contributed by atoms with van der Waals surface area (Å²) in [5.74, 6) is 0. The van der Waals surface area contributed by atoms with Gasteiger partial charge >= 0.3 is 0 Å². The molecule has 0 atom stereocenters. The van der Waals surface area contributed by atoms with E-state index >= 15 is 0 Å². The first kappa shape index (κ1) is 32.2. The number of rotatable bonds is 8. The zero-order chi connectivity index (χ0) is 35.7. The summed E-state index contributed by atoms with van der Waals surface area (Å²) in [5, 5.41) is 6.63. The Labute approximate surface area is 311 Å². The summed E-state index contributed by atoms with van der Waals surface area (Å²) in [6.45, 7) is 3.87. The molecule has 0 bridgehead atoms. The second-order valence-electron chi connectivity index (χ2n) is 12.9. The maximum Gasteiger partial charge on any atom is 0.125 e. The third-order valence-electron chi connectivity index (χ3n) is 9.78. The van der Waals surface area contributed by atoms with Gasteiger partial charge in [-0.2, -0.15) is 0 Å². The fraction of sp³-hybridized carbons (Fsp3) is 0.0213. The van der Waals surface area contributed by atoms with Crippen molar-refractivity contribution in [2.75, 3.05) is 11.9 Å². The van der Waals surface area contributed by atoms with E-state index in [1.807, 2.05) is 31.8 Å². The molecule has 0 unspecified atom stereocenters. The van der Waals surface area contributed by atoms with E-state index in [0.29, 0.717) is 0 Å². The monoisotopic (exact) mass is 699 g/mol. The molecule has 0 radical (unpaired) electrons. The maximum atomic E-state index is 4.78. The molecule has 53 heavy (non-hydrogen) atoms. The lowest BCUT2D eigenvalue weighted by atomic mass is 9.99. The van der Waals surface area contributed by atoms with E-state index in [9.17, 15) is 0 Å². The van der Waals surface area contributed by atoms with Crippen LogP contribution in [-0.2, 0) is 0 Å². The number of pyridine rings is 2. The summed E-state index contributed by atoms with van der Waals surface area (Å²) in [6, 6.07) is 51.8. The summed E-state index contributed by atoms with van der Waals surface area (Å²) in [6.07, 6.45) is 7.49. The van der Waals surface area contributed by atoms with Crippen LogP contribution in [0.15, 0.2) is 180 Å². The van der Waals surface area contributed by atoms with E-state index in [-0.39, 0.29) is 0 Å². The summed E-state index contributed by atoms with van der Waals surface area (Å²) in [7, 11) is 1.84. The highest BCUT2D eigenvalue weighted by Crippen LogP contribution is 2.41. The third kappa shape index (κ3) is 6.05. The van der Waals surface area contributed by atoms with E-state index in [4.69, 9.17) is 4.99 Å². The predicted octanol–water partition coefficient (Wildman–Crippen LogP) is 12.6. The molecule has 3 heterocycles. The zero-order valence-electron chi connectivity index (χ0n) is 29.0. The van der Waals surface area contributed by atoms with Gasteiger partial charge < -0.3 is 4.90 Å². The molecule has 0 aliphatic rings. The molecule has 0 saturated carbocycles. The first-order valence-corrected chi connectivity index (χ1v) is 18.2. The molecule has 9 rings (SSSR count). The molecule has 0 aliphatic carbocycles. The minimum Gasteiger partial charge on any atom is -0.311 e. The van der Waals surface area contributed by atoms with Gasteiger partial charge in [0.15, 0.2) is 0 Å². The topological polar surface area (TPSA) is 53.7 Å². The number of hydrogen-bond donors (Lipinski definition) is 0. The Kier molecular flexibility index (Phi) is 8.35. The smallest absolute Gasteiger partial charge is 0.125 e. The lowest BCUT2D eigenvalue weighted by molar-refractivity contribution is 1.28. The Morgan fingerprint density at radius 2 is 1.08 bits per heavy atom.